The summed E-state index contributed by atoms with van der Waals surface area (Å²) in [5.41, 5.74) is 1.92. The number of fused-ring (bicyclic) bond motifs is 1. The maximum atomic E-state index is 12.5. The van der Waals surface area contributed by atoms with Crippen LogP contribution in [0.25, 0.3) is 5.65 Å². The number of carboxylic acid groups (broad SMARTS) is 1. The number of carbonyl (C=O) groups is 1. The Morgan fingerprint density at radius 2 is 1.92 bits per heavy atom. The third kappa shape index (κ3) is 3.03. The van der Waals surface area contributed by atoms with Gasteiger partial charge in [0.1, 0.15) is 11.2 Å². The van der Waals surface area contributed by atoms with Crippen LogP contribution < -0.4 is 5.56 Å². The molecule has 6 nitrogen and oxygen atoms in total. The van der Waals surface area contributed by atoms with Crippen molar-refractivity contribution in [3.8, 4) is 0 Å². The lowest BCUT2D eigenvalue weighted by Crippen LogP contribution is -2.26. The molecule has 2 aromatic heterocycles. The minimum Gasteiger partial charge on any atom is -0.477 e. The maximum Gasteiger partial charge on any atom is 0.342 e. The molecule has 4 rings (SSSR count). The van der Waals surface area contributed by atoms with Gasteiger partial charge >= 0.3 is 5.97 Å². The molecule has 0 unspecified atom stereocenters. The number of aromatic nitrogens is 3. The van der Waals surface area contributed by atoms with Crippen LogP contribution in [0.15, 0.2) is 47.4 Å². The Bertz CT molecular complexity index is 998. The van der Waals surface area contributed by atoms with Crippen molar-refractivity contribution < 1.29 is 9.90 Å². The maximum absolute atomic E-state index is 12.5. The van der Waals surface area contributed by atoms with Gasteiger partial charge in [-0.15, -0.1) is 0 Å². The van der Waals surface area contributed by atoms with Crippen molar-refractivity contribution in [2.75, 3.05) is 0 Å². The lowest BCUT2D eigenvalue weighted by molar-refractivity contribution is 0.0693. The Labute approximate surface area is 150 Å². The zero-order chi connectivity index (χ0) is 18.1. The molecule has 0 bridgehead atoms. The van der Waals surface area contributed by atoms with Crippen LogP contribution in [0.1, 0.15) is 53.2 Å². The van der Waals surface area contributed by atoms with Crippen molar-refractivity contribution in [2.24, 2.45) is 0 Å². The summed E-state index contributed by atoms with van der Waals surface area (Å²) in [4.78, 5) is 24.0. The highest BCUT2D eigenvalue weighted by Crippen LogP contribution is 2.33. The highest BCUT2D eigenvalue weighted by Gasteiger charge is 2.23. The van der Waals surface area contributed by atoms with Crippen molar-refractivity contribution in [1.82, 2.24) is 14.2 Å². The average molecular weight is 351 g/mol. The average Bonchev–Trinajstić information content (AvgIpc) is 3.31. The van der Waals surface area contributed by atoms with E-state index < -0.39 is 11.5 Å². The molecule has 0 radical (unpaired) electrons. The van der Waals surface area contributed by atoms with Crippen LogP contribution in [0.2, 0.25) is 0 Å². The van der Waals surface area contributed by atoms with E-state index in [1.54, 1.807) is 0 Å². The minimum atomic E-state index is -1.22. The second-order valence-electron chi connectivity index (χ2n) is 6.90. The van der Waals surface area contributed by atoms with Crippen LogP contribution in [0.5, 0.6) is 0 Å². The van der Waals surface area contributed by atoms with E-state index in [1.165, 1.54) is 23.6 Å². The van der Waals surface area contributed by atoms with Crippen LogP contribution in [0.3, 0.4) is 0 Å². The Hall–Kier alpha value is -2.89. The molecule has 0 atom stereocenters. The van der Waals surface area contributed by atoms with Crippen LogP contribution in [0.4, 0.5) is 0 Å². The molecular weight excluding hydrogens is 330 g/mol. The van der Waals surface area contributed by atoms with Crippen LogP contribution >= 0.6 is 0 Å². The fraction of sp³-hybridized carbons (Fsp3) is 0.350. The number of hydrogen-bond acceptors (Lipinski definition) is 3. The normalized spacial score (nSPS) is 14.9. The summed E-state index contributed by atoms with van der Waals surface area (Å²) in [6.07, 6.45) is 6.71. The zero-order valence-electron chi connectivity index (χ0n) is 14.5. The van der Waals surface area contributed by atoms with Gasteiger partial charge in [0.2, 0.25) is 0 Å². The molecular formula is C20H21N3O3. The largest absolute Gasteiger partial charge is 0.477 e. The molecule has 0 aliphatic heterocycles. The first-order chi connectivity index (χ1) is 12.6. The van der Waals surface area contributed by atoms with E-state index in [1.807, 2.05) is 41.0 Å². The van der Waals surface area contributed by atoms with Crippen molar-refractivity contribution in [3.05, 3.63) is 69.8 Å². The highest BCUT2D eigenvalue weighted by molar-refractivity contribution is 5.87. The molecule has 1 saturated carbocycles. The Balaban J connectivity index is 1.77. The van der Waals surface area contributed by atoms with E-state index in [9.17, 15) is 14.7 Å². The molecule has 1 aliphatic carbocycles. The molecule has 134 valence electrons. The van der Waals surface area contributed by atoms with Gasteiger partial charge in [-0.2, -0.15) is 9.61 Å². The van der Waals surface area contributed by atoms with Crippen LogP contribution in [-0.4, -0.2) is 25.3 Å². The first-order valence-corrected chi connectivity index (χ1v) is 9.04. The topological polar surface area (TPSA) is 76.6 Å². The number of benzene rings is 1. The van der Waals surface area contributed by atoms with Gasteiger partial charge < -0.3 is 9.67 Å². The van der Waals surface area contributed by atoms with Gasteiger partial charge in [0.15, 0.2) is 0 Å². The summed E-state index contributed by atoms with van der Waals surface area (Å²) in [5.74, 6) is -0.853. The van der Waals surface area contributed by atoms with Crippen molar-refractivity contribution in [2.45, 2.75) is 44.6 Å². The van der Waals surface area contributed by atoms with Gasteiger partial charge in [0.25, 0.3) is 5.56 Å². The summed E-state index contributed by atoms with van der Waals surface area (Å²) >= 11 is 0. The Morgan fingerprint density at radius 1 is 1.19 bits per heavy atom. The number of rotatable bonds is 5. The molecule has 1 fully saturated rings. The lowest BCUT2D eigenvalue weighted by Gasteiger charge is -2.10. The standard InChI is InChI=1S/C20H21N3O3/c24-19-16(20(25)26)13-22(11-10-14-6-2-1-3-7-14)18-12-17(21-23(18)19)15-8-4-5-9-15/h1-3,6-7,12-13,15H,4-5,8-11H2,(H,25,26). The van der Waals surface area contributed by atoms with E-state index in [0.717, 1.165) is 30.5 Å². The third-order valence-electron chi connectivity index (χ3n) is 5.20. The van der Waals surface area contributed by atoms with Crippen molar-refractivity contribution in [1.29, 1.82) is 0 Å². The van der Waals surface area contributed by atoms with Gasteiger partial charge in [-0.05, 0) is 24.8 Å². The van der Waals surface area contributed by atoms with Crippen molar-refractivity contribution in [3.63, 3.8) is 0 Å². The van der Waals surface area contributed by atoms with Gasteiger partial charge in [-0.25, -0.2) is 4.79 Å². The second-order valence-corrected chi connectivity index (χ2v) is 6.90. The first-order valence-electron chi connectivity index (χ1n) is 9.04. The molecule has 0 amide bonds. The fourth-order valence-corrected chi connectivity index (χ4v) is 3.78. The van der Waals surface area contributed by atoms with E-state index in [0.29, 0.717) is 18.1 Å². The van der Waals surface area contributed by atoms with E-state index in [4.69, 9.17) is 0 Å². The Morgan fingerprint density at radius 3 is 2.62 bits per heavy atom. The first kappa shape index (κ1) is 16.6. The van der Waals surface area contributed by atoms with E-state index >= 15 is 0 Å². The highest BCUT2D eigenvalue weighted by atomic mass is 16.4. The Kier molecular flexibility index (Phi) is 4.32. The van der Waals surface area contributed by atoms with Crippen molar-refractivity contribution >= 4 is 11.6 Å². The SMILES string of the molecule is O=C(O)c1cn(CCc2ccccc2)c2cc(C3CCCC3)nn2c1=O. The van der Waals surface area contributed by atoms with Crippen LogP contribution in [-0.2, 0) is 13.0 Å². The number of nitrogens with zero attached hydrogens (tertiary/aromatic N) is 3. The van der Waals surface area contributed by atoms with Gasteiger partial charge in [0.05, 0.1) is 5.69 Å². The monoisotopic (exact) mass is 351 g/mol. The summed E-state index contributed by atoms with van der Waals surface area (Å²) in [6, 6.07) is 12.0. The number of carboxylic acids is 1. The molecule has 0 saturated heterocycles. The molecule has 3 aromatic rings. The molecule has 6 heteroatoms. The predicted octanol–water partition coefficient (Wildman–Crippen LogP) is 3.09. The summed E-state index contributed by atoms with van der Waals surface area (Å²) in [7, 11) is 0. The third-order valence-corrected chi connectivity index (χ3v) is 5.20. The lowest BCUT2D eigenvalue weighted by atomic mass is 10.0. The van der Waals surface area contributed by atoms with Crippen LogP contribution in [0, 0.1) is 0 Å². The molecule has 1 aromatic carbocycles. The molecule has 0 spiro atoms. The molecule has 26 heavy (non-hydrogen) atoms. The number of hydrogen-bond donors (Lipinski definition) is 1. The summed E-state index contributed by atoms with van der Waals surface area (Å²) in [5, 5.41) is 13.9. The molecule has 1 aliphatic rings. The zero-order valence-corrected chi connectivity index (χ0v) is 14.5. The van der Waals surface area contributed by atoms with Gasteiger partial charge in [-0.3, -0.25) is 4.79 Å². The summed E-state index contributed by atoms with van der Waals surface area (Å²) in [6.45, 7) is 0.587. The van der Waals surface area contributed by atoms with Gasteiger partial charge in [-0.1, -0.05) is 43.2 Å². The molecule has 2 heterocycles. The number of aromatic carboxylic acids is 1. The van der Waals surface area contributed by atoms with E-state index in [-0.39, 0.29) is 5.56 Å². The fourth-order valence-electron chi connectivity index (χ4n) is 3.78. The van der Waals surface area contributed by atoms with E-state index in [2.05, 4.69) is 5.10 Å². The quantitative estimate of drug-likeness (QED) is 0.766. The smallest absolute Gasteiger partial charge is 0.342 e. The molecule has 1 N–H and O–H groups in total. The minimum absolute atomic E-state index is 0.244. The summed E-state index contributed by atoms with van der Waals surface area (Å²) < 4.78 is 3.10. The van der Waals surface area contributed by atoms with Gasteiger partial charge in [0, 0.05) is 24.7 Å². The number of aryl methyl sites for hydroxylation is 2. The predicted molar refractivity (Wildman–Crippen MR) is 97.8 cm³/mol. The second kappa shape index (κ2) is 6.78.